The van der Waals surface area contributed by atoms with Crippen LogP contribution in [0, 0.1) is 46.5 Å². The molecule has 0 heterocycles. The van der Waals surface area contributed by atoms with Crippen molar-refractivity contribution in [1.29, 1.82) is 0 Å². The zero-order valence-electron chi connectivity index (χ0n) is 13.7. The molecule has 0 unspecified atom stereocenters. The number of phenolic OH excluding ortho intramolecular Hbond substituents is 2. The Hall–Kier alpha value is -2.94. The van der Waals surface area contributed by atoms with Crippen LogP contribution in [-0.2, 0) is 5.41 Å². The largest absolute Gasteiger partial charge is 0.503 e. The third kappa shape index (κ3) is 3.02. The van der Waals surface area contributed by atoms with Gasteiger partial charge in [0, 0.05) is 0 Å². The Morgan fingerprint density at radius 2 is 0.581 bits per heavy atom. The number of aromatic hydroxyl groups is 2. The van der Waals surface area contributed by atoms with Crippen LogP contribution >= 0.6 is 0 Å². The molecule has 0 aliphatic carbocycles. The van der Waals surface area contributed by atoms with E-state index in [1.807, 2.05) is 0 Å². The second-order valence-electron chi connectivity index (χ2n) is 5.70. The lowest BCUT2D eigenvalue weighted by molar-refractivity contribution is -0.291. The fourth-order valence-corrected chi connectivity index (χ4v) is 2.75. The van der Waals surface area contributed by atoms with E-state index in [9.17, 15) is 61.5 Å². The lowest BCUT2D eigenvalue weighted by Crippen LogP contribution is -2.57. The first-order valence-corrected chi connectivity index (χ1v) is 7.09. The van der Waals surface area contributed by atoms with Gasteiger partial charge in [-0.1, -0.05) is 0 Å². The fraction of sp³-hybridized carbons (Fsp3) is 0.200. The first-order chi connectivity index (χ1) is 13.9. The van der Waals surface area contributed by atoms with Crippen molar-refractivity contribution >= 4 is 0 Å². The summed E-state index contributed by atoms with van der Waals surface area (Å²) < 4.78 is 193. The highest BCUT2D eigenvalue weighted by Crippen LogP contribution is 2.59. The molecule has 0 spiro atoms. The monoisotopic (exact) mass is 480 g/mol. The summed E-state index contributed by atoms with van der Waals surface area (Å²) in [5.41, 5.74) is -14.5. The fourth-order valence-electron chi connectivity index (χ4n) is 2.75. The molecule has 0 bridgehead atoms. The van der Waals surface area contributed by atoms with Crippen molar-refractivity contribution < 1.29 is 71.7 Å². The van der Waals surface area contributed by atoms with E-state index < -0.39 is 86.9 Å². The van der Waals surface area contributed by atoms with Crippen LogP contribution in [0.2, 0.25) is 0 Å². The van der Waals surface area contributed by atoms with Crippen LogP contribution in [0.25, 0.3) is 0 Å². The predicted molar refractivity (Wildman–Crippen MR) is 68.8 cm³/mol. The van der Waals surface area contributed by atoms with E-state index in [0.29, 0.717) is 0 Å². The molecule has 0 radical (unpaired) electrons. The lowest BCUT2D eigenvalue weighted by atomic mass is 9.71. The minimum Gasteiger partial charge on any atom is -0.503 e. The zero-order chi connectivity index (χ0) is 24.4. The molecule has 0 aliphatic rings. The number of hydrogen-bond acceptors (Lipinski definition) is 2. The van der Waals surface area contributed by atoms with Crippen molar-refractivity contribution in [3.63, 3.8) is 0 Å². The van der Waals surface area contributed by atoms with Crippen LogP contribution in [0.4, 0.5) is 61.5 Å². The van der Waals surface area contributed by atoms with E-state index in [1.165, 1.54) is 0 Å². The predicted octanol–water partition coefficient (Wildman–Crippen LogP) is 5.62. The van der Waals surface area contributed by atoms with E-state index >= 15 is 0 Å². The summed E-state index contributed by atoms with van der Waals surface area (Å²) in [5.74, 6) is -33.1. The summed E-state index contributed by atoms with van der Waals surface area (Å²) >= 11 is 0. The molecule has 172 valence electrons. The Labute approximate surface area is 159 Å². The van der Waals surface area contributed by atoms with Crippen molar-refractivity contribution in [3.8, 4) is 11.5 Å². The molecule has 31 heavy (non-hydrogen) atoms. The Morgan fingerprint density at radius 1 is 0.387 bits per heavy atom. The van der Waals surface area contributed by atoms with Crippen LogP contribution in [0.5, 0.6) is 11.5 Å². The number of rotatable bonds is 2. The van der Waals surface area contributed by atoms with Crippen LogP contribution in [0.3, 0.4) is 0 Å². The van der Waals surface area contributed by atoms with Gasteiger partial charge >= 0.3 is 12.4 Å². The van der Waals surface area contributed by atoms with Crippen LogP contribution < -0.4 is 0 Å². The first-order valence-electron chi connectivity index (χ1n) is 7.09. The maximum absolute atomic E-state index is 14.1. The van der Waals surface area contributed by atoms with Gasteiger partial charge in [0.1, 0.15) is 0 Å². The van der Waals surface area contributed by atoms with Crippen molar-refractivity contribution in [1.82, 2.24) is 0 Å². The minimum absolute atomic E-state index is 2.75. The molecule has 2 rings (SSSR count). The summed E-state index contributed by atoms with van der Waals surface area (Å²) in [6.07, 6.45) is -14.8. The minimum atomic E-state index is -7.39. The molecule has 0 amide bonds. The quantitative estimate of drug-likeness (QED) is 0.433. The van der Waals surface area contributed by atoms with Gasteiger partial charge < -0.3 is 10.2 Å². The van der Waals surface area contributed by atoms with Crippen molar-refractivity contribution in [2.75, 3.05) is 0 Å². The second-order valence-corrected chi connectivity index (χ2v) is 5.70. The van der Waals surface area contributed by atoms with Crippen molar-refractivity contribution in [2.45, 2.75) is 17.8 Å². The highest BCUT2D eigenvalue weighted by Gasteiger charge is 2.77. The van der Waals surface area contributed by atoms with Gasteiger partial charge in [0.15, 0.2) is 34.8 Å². The molecule has 0 aromatic heterocycles. The normalized spacial score (nSPS) is 13.1. The molecule has 0 saturated heterocycles. The number of hydrogen-bond donors (Lipinski definition) is 2. The number of benzene rings is 2. The zero-order valence-corrected chi connectivity index (χ0v) is 13.7. The van der Waals surface area contributed by atoms with Crippen LogP contribution in [-0.4, -0.2) is 22.6 Å². The van der Waals surface area contributed by atoms with E-state index in [4.69, 9.17) is 10.2 Å². The molecule has 2 N–H and O–H groups in total. The lowest BCUT2D eigenvalue weighted by Gasteiger charge is -2.38. The molecule has 0 aliphatic heterocycles. The molecule has 16 heteroatoms. The molecular weight excluding hydrogens is 478 g/mol. The van der Waals surface area contributed by atoms with E-state index in [0.717, 1.165) is 0 Å². The van der Waals surface area contributed by atoms with Gasteiger partial charge in [0.25, 0.3) is 0 Å². The van der Waals surface area contributed by atoms with E-state index in [-0.39, 0.29) is 0 Å². The summed E-state index contributed by atoms with van der Waals surface area (Å²) in [6.45, 7) is 0. The number of phenols is 2. The van der Waals surface area contributed by atoms with Crippen molar-refractivity contribution in [3.05, 3.63) is 57.7 Å². The summed E-state index contributed by atoms with van der Waals surface area (Å²) in [6, 6.07) is 0. The Balaban J connectivity index is 3.41. The van der Waals surface area contributed by atoms with Gasteiger partial charge in [-0.3, -0.25) is 0 Å². The Morgan fingerprint density at radius 3 is 0.742 bits per heavy atom. The molecule has 2 aromatic carbocycles. The van der Waals surface area contributed by atoms with Gasteiger partial charge in [0.2, 0.25) is 28.7 Å². The average molecular weight is 480 g/mol. The van der Waals surface area contributed by atoms with Gasteiger partial charge in [-0.15, -0.1) is 0 Å². The molecule has 2 aromatic rings. The summed E-state index contributed by atoms with van der Waals surface area (Å²) in [4.78, 5) is 0. The Bertz CT molecular complexity index is 926. The van der Waals surface area contributed by atoms with Crippen molar-refractivity contribution in [2.24, 2.45) is 0 Å². The molecule has 0 atom stereocenters. The number of alkyl halides is 6. The number of halogens is 14. The smallest absolute Gasteiger partial charge is 0.411 e. The topological polar surface area (TPSA) is 40.5 Å². The highest BCUT2D eigenvalue weighted by molar-refractivity contribution is 5.51. The van der Waals surface area contributed by atoms with E-state index in [2.05, 4.69) is 0 Å². The summed E-state index contributed by atoms with van der Waals surface area (Å²) in [7, 11) is 0. The molecular formula is C15H2F14O2. The second kappa shape index (κ2) is 7.05. The standard InChI is InChI=1S/C15H2F14O2/c16-3-1(4(17)8(21)11(30)7(3)20)13(14(24,25)26,15(27,28)29)2-5(18)9(22)12(31)10(23)6(2)19/h30-31H. The summed E-state index contributed by atoms with van der Waals surface area (Å²) in [5, 5.41) is 17.5. The maximum atomic E-state index is 14.1. The SMILES string of the molecule is Oc1c(F)c(F)c(C(c2c(F)c(F)c(O)c(F)c2F)(C(F)(F)F)C(F)(F)F)c(F)c1F. The third-order valence-corrected chi connectivity index (χ3v) is 4.08. The first kappa shape index (κ1) is 24.3. The van der Waals surface area contributed by atoms with Crippen LogP contribution in [0.1, 0.15) is 11.1 Å². The average Bonchev–Trinajstić information content (AvgIpc) is 2.64. The maximum Gasteiger partial charge on any atom is 0.411 e. The molecule has 0 saturated carbocycles. The van der Waals surface area contributed by atoms with Gasteiger partial charge in [-0.25, -0.2) is 17.6 Å². The highest BCUT2D eigenvalue weighted by atomic mass is 19.4. The van der Waals surface area contributed by atoms with Gasteiger partial charge in [0.05, 0.1) is 11.1 Å². The van der Waals surface area contributed by atoms with Gasteiger partial charge in [-0.2, -0.15) is 43.9 Å². The Kier molecular flexibility index (Phi) is 5.53. The van der Waals surface area contributed by atoms with E-state index in [1.54, 1.807) is 0 Å². The molecule has 2 nitrogen and oxygen atoms in total. The van der Waals surface area contributed by atoms with Gasteiger partial charge in [-0.05, 0) is 0 Å². The van der Waals surface area contributed by atoms with Crippen LogP contribution in [0.15, 0.2) is 0 Å². The molecule has 0 fully saturated rings. The third-order valence-electron chi connectivity index (χ3n) is 4.08.